The standard InChI is InChI=1S/C45H48N8.C29H30N4.C23H32N4/c1-2-46-20-21-52(35-46)33-44-10-6-7-11-45(44)34-53-27-26-51(38-53)32-43-18-16-42(17-19-43)31-50-25-24-49(37-50)30-41-14-12-40(13-15-41)29-48-23-22-47(36-48)28-39-8-4-3-5-9-39;1-25-7-9-27(10-8-25)20-31-17-18-33(24-31)22-29-13-11-28(12-14-29)21-32-16-15-30(23-32)19-26-5-3-2-4-6-26;1-3-22-11-7-8-12-23(22)19-27-18-17-26(21-27)14-10-6-5-9-13-25-16-15-24(4-2)20-25/h3-27,35-38H,2,28-34H2,1H3;2-18,23-24H,19-22H2,1H3;5-8,11-12,15-18,20-21H,3-4,9-10,13-14,19H2,1-2H3/q+4;2*+2/b;;6-5-. The molecule has 16 nitrogen and oxygen atoms in total. The Hall–Kier alpha value is -12.8. The minimum absolute atomic E-state index is 0.845. The number of imidazole rings is 8. The van der Waals surface area contributed by atoms with Crippen LogP contribution in [-0.4, -0.2) is 36.5 Å². The lowest BCUT2D eigenvalue weighted by Crippen LogP contribution is -2.33. The van der Waals surface area contributed by atoms with E-state index in [0.717, 1.165) is 124 Å². The van der Waals surface area contributed by atoms with E-state index in [1.165, 1.54) is 77.9 Å². The van der Waals surface area contributed by atoms with Gasteiger partial charge in [0.05, 0.1) is 26.2 Å². The molecule has 16 heteroatoms. The van der Waals surface area contributed by atoms with Crippen LogP contribution in [0, 0.1) is 6.92 Å². The molecule has 0 atom stereocenters. The Kier molecular flexibility index (Phi) is 26.7. The molecular formula is C97H110N16+8. The van der Waals surface area contributed by atoms with E-state index in [0.29, 0.717) is 0 Å². The molecule has 8 aromatic heterocycles. The zero-order valence-corrected chi connectivity index (χ0v) is 66.2. The Labute approximate surface area is 667 Å². The molecule has 0 fully saturated rings. The summed E-state index contributed by atoms with van der Waals surface area (Å²) in [6.45, 7) is 23.3. The lowest BCUT2D eigenvalue weighted by atomic mass is 10.1. The molecule has 0 aliphatic heterocycles. The zero-order valence-electron chi connectivity index (χ0n) is 66.2. The van der Waals surface area contributed by atoms with Crippen LogP contribution in [0.2, 0.25) is 0 Å². The van der Waals surface area contributed by atoms with Gasteiger partial charge in [-0.05, 0) is 88.4 Å². The summed E-state index contributed by atoms with van der Waals surface area (Å²) in [7, 11) is 0. The topological polar surface area (TPSA) is 70.5 Å². The largest absolute Gasteiger partial charge is 0.244 e. The molecule has 0 aliphatic rings. The highest BCUT2D eigenvalue weighted by Gasteiger charge is 2.16. The molecule has 0 unspecified atom stereocenters. The third-order valence-corrected chi connectivity index (χ3v) is 20.8. The molecule has 16 aromatic rings. The monoisotopic (exact) mass is 1500 g/mol. The maximum atomic E-state index is 2.30. The second-order valence-electron chi connectivity index (χ2n) is 29.9. The van der Waals surface area contributed by atoms with Gasteiger partial charge in [-0.3, -0.25) is 0 Å². The maximum Gasteiger partial charge on any atom is 0.244 e. The third-order valence-electron chi connectivity index (χ3n) is 20.8. The quantitative estimate of drug-likeness (QED) is 0.0291. The van der Waals surface area contributed by atoms with E-state index in [-0.39, 0.29) is 0 Å². The molecule has 0 N–H and O–H groups in total. The van der Waals surface area contributed by atoms with Crippen molar-refractivity contribution in [2.75, 3.05) is 0 Å². The van der Waals surface area contributed by atoms with Crippen LogP contribution in [0.1, 0.15) is 112 Å². The molecule has 8 aromatic carbocycles. The number of benzene rings is 8. The van der Waals surface area contributed by atoms with Crippen molar-refractivity contribution < 1.29 is 36.5 Å². The van der Waals surface area contributed by atoms with E-state index < -0.39 is 0 Å². The number of rotatable bonds is 33. The van der Waals surface area contributed by atoms with E-state index in [1.807, 2.05) is 0 Å². The molecule has 0 aliphatic carbocycles. The van der Waals surface area contributed by atoms with Gasteiger partial charge in [0.2, 0.25) is 50.6 Å². The number of hydrogen-bond donors (Lipinski definition) is 0. The number of allylic oxidation sites excluding steroid dienone is 2. The Balaban J connectivity index is 0.000000151. The predicted octanol–water partition coefficient (Wildman–Crippen LogP) is 13.3. The first-order valence-corrected chi connectivity index (χ1v) is 40.1. The van der Waals surface area contributed by atoms with Crippen LogP contribution in [-0.2, 0) is 111 Å². The van der Waals surface area contributed by atoms with Crippen molar-refractivity contribution in [2.45, 2.75) is 152 Å². The van der Waals surface area contributed by atoms with Crippen LogP contribution in [0.3, 0.4) is 0 Å². The van der Waals surface area contributed by atoms with Crippen molar-refractivity contribution in [3.8, 4) is 0 Å². The highest BCUT2D eigenvalue weighted by molar-refractivity contribution is 5.29. The zero-order chi connectivity index (χ0) is 77.2. The fourth-order valence-corrected chi connectivity index (χ4v) is 14.5. The Morgan fingerprint density at radius 1 is 0.239 bits per heavy atom. The van der Waals surface area contributed by atoms with Gasteiger partial charge < -0.3 is 0 Å². The lowest BCUT2D eigenvalue weighted by molar-refractivity contribution is -0.695. The highest BCUT2D eigenvalue weighted by Crippen LogP contribution is 2.16. The Morgan fingerprint density at radius 2 is 0.513 bits per heavy atom. The van der Waals surface area contributed by atoms with Gasteiger partial charge in [0.25, 0.3) is 0 Å². The first kappa shape index (κ1) is 76.9. The van der Waals surface area contributed by atoms with Gasteiger partial charge in [0.15, 0.2) is 0 Å². The molecule has 0 amide bonds. The van der Waals surface area contributed by atoms with Gasteiger partial charge in [-0.15, -0.1) is 0 Å². The lowest BCUT2D eigenvalue weighted by Gasteiger charge is -2.06. The summed E-state index contributed by atoms with van der Waals surface area (Å²) in [4.78, 5) is 0. The Bertz CT molecular complexity index is 5540. The van der Waals surface area contributed by atoms with Gasteiger partial charge in [-0.1, -0.05) is 231 Å². The minimum atomic E-state index is 0.845. The fraction of sp³-hybridized carbons (Fsp3) is 0.237. The molecule has 0 saturated carbocycles. The van der Waals surface area contributed by atoms with Crippen LogP contribution in [0.4, 0.5) is 0 Å². The molecular weight excluding hydrogens is 1390 g/mol. The van der Waals surface area contributed by atoms with Crippen LogP contribution in [0.25, 0.3) is 0 Å². The molecule has 16 rings (SSSR count). The summed E-state index contributed by atoms with van der Waals surface area (Å²) in [5, 5.41) is 0. The minimum Gasteiger partial charge on any atom is -0.237 e. The summed E-state index contributed by atoms with van der Waals surface area (Å²) >= 11 is 0. The summed E-state index contributed by atoms with van der Waals surface area (Å²) < 4.78 is 35.9. The van der Waals surface area contributed by atoms with Gasteiger partial charge in [0.1, 0.15) is 178 Å². The summed E-state index contributed by atoms with van der Waals surface area (Å²) in [6, 6.07) is 74.3. The second-order valence-corrected chi connectivity index (χ2v) is 29.9. The van der Waals surface area contributed by atoms with E-state index in [2.05, 4.69) is 469 Å². The summed E-state index contributed by atoms with van der Waals surface area (Å²) in [5.74, 6) is 0. The number of nitrogens with zero attached hydrogens (tertiary/aromatic N) is 16. The van der Waals surface area contributed by atoms with E-state index >= 15 is 0 Å². The van der Waals surface area contributed by atoms with Crippen molar-refractivity contribution in [2.24, 2.45) is 0 Å². The third kappa shape index (κ3) is 23.4. The number of aromatic nitrogens is 16. The molecule has 0 saturated heterocycles. The smallest absolute Gasteiger partial charge is 0.237 e. The highest BCUT2D eigenvalue weighted by atomic mass is 15.2. The molecule has 8 heterocycles. The van der Waals surface area contributed by atoms with Crippen LogP contribution in [0.15, 0.2) is 368 Å². The van der Waals surface area contributed by atoms with E-state index in [1.54, 1.807) is 0 Å². The summed E-state index contributed by atoms with van der Waals surface area (Å²) in [6.07, 6.45) is 59.8. The van der Waals surface area contributed by atoms with E-state index in [4.69, 9.17) is 0 Å². The molecule has 0 radical (unpaired) electrons. The average molecular weight is 1500 g/mol. The summed E-state index contributed by atoms with van der Waals surface area (Å²) in [5.41, 5.74) is 18.6. The second kappa shape index (κ2) is 39.2. The van der Waals surface area contributed by atoms with E-state index in [9.17, 15) is 0 Å². The van der Waals surface area contributed by atoms with Crippen molar-refractivity contribution in [3.05, 3.63) is 446 Å². The fourth-order valence-electron chi connectivity index (χ4n) is 14.5. The van der Waals surface area contributed by atoms with Crippen LogP contribution >= 0.6 is 0 Å². The SMILES string of the molecule is CCc1ccccc1C[n+]1ccn(CC/C=C\CC[n+]2ccn(CC)c2)c1.CCn1cc[n+](Cc2ccccc2Cn2cc[n+](Cc3ccc(C[n+]4ccn(Cc5ccc(Cn6cc[n+](Cc7ccccc7)c6)cc5)c4)cc3)c2)c1.Cc1ccc(Cn2cc[n+](Cc3ccc(Cn4cc[n+](Cc5ccccc5)c4)cc3)c2)cc1. The van der Waals surface area contributed by atoms with Crippen LogP contribution in [0.5, 0.6) is 0 Å². The molecule has 0 bridgehead atoms. The maximum absolute atomic E-state index is 2.30. The Morgan fingerprint density at radius 3 is 0.903 bits per heavy atom. The number of aryl methyl sites for hydroxylation is 6. The van der Waals surface area contributed by atoms with Crippen molar-refractivity contribution in [1.82, 2.24) is 36.5 Å². The first-order valence-electron chi connectivity index (χ1n) is 40.1. The molecule has 0 spiro atoms. The van der Waals surface area contributed by atoms with Crippen LogP contribution < -0.4 is 36.5 Å². The first-order chi connectivity index (χ1) is 55.6. The molecule has 570 valence electrons. The predicted molar refractivity (Wildman–Crippen MR) is 442 cm³/mol. The van der Waals surface area contributed by atoms with Crippen molar-refractivity contribution in [1.29, 1.82) is 0 Å². The average Bonchev–Trinajstić information content (AvgIpc) is 1.82. The van der Waals surface area contributed by atoms with Gasteiger partial charge in [-0.25, -0.2) is 73.1 Å². The normalized spacial score (nSPS) is 11.3. The van der Waals surface area contributed by atoms with Crippen molar-refractivity contribution in [3.63, 3.8) is 0 Å². The number of hydrogen-bond acceptors (Lipinski definition) is 0. The van der Waals surface area contributed by atoms with Gasteiger partial charge in [0, 0.05) is 24.0 Å². The van der Waals surface area contributed by atoms with Gasteiger partial charge in [-0.2, -0.15) is 0 Å². The van der Waals surface area contributed by atoms with Crippen molar-refractivity contribution >= 4 is 0 Å². The van der Waals surface area contributed by atoms with Gasteiger partial charge >= 0.3 is 0 Å². The molecule has 113 heavy (non-hydrogen) atoms.